The molecule has 3 N–H and O–H groups in total. The summed E-state index contributed by atoms with van der Waals surface area (Å²) >= 11 is 1.21. The first kappa shape index (κ1) is 25.9. The van der Waals surface area contributed by atoms with E-state index in [9.17, 15) is 9.59 Å². The van der Waals surface area contributed by atoms with E-state index in [1.807, 2.05) is 12.1 Å². The van der Waals surface area contributed by atoms with E-state index in [1.54, 1.807) is 37.0 Å². The summed E-state index contributed by atoms with van der Waals surface area (Å²) in [6, 6.07) is 7.27. The highest BCUT2D eigenvalue weighted by Crippen LogP contribution is 2.28. The number of hydrogen-bond donors (Lipinski definition) is 3. The van der Waals surface area contributed by atoms with Crippen molar-refractivity contribution in [2.75, 3.05) is 62.8 Å². The Morgan fingerprint density at radius 3 is 2.87 bits per heavy atom. The van der Waals surface area contributed by atoms with E-state index in [4.69, 9.17) is 14.6 Å². The molecule has 12 nitrogen and oxygen atoms in total. The van der Waals surface area contributed by atoms with E-state index in [0.717, 1.165) is 31.9 Å². The van der Waals surface area contributed by atoms with Crippen molar-refractivity contribution in [2.24, 2.45) is 7.05 Å². The molecule has 13 heteroatoms. The number of pyridine rings is 1. The minimum absolute atomic E-state index is 0.0552. The minimum Gasteiger partial charge on any atom is -0.489 e. The molecule has 4 heterocycles. The van der Waals surface area contributed by atoms with Crippen LogP contribution in [0, 0.1) is 0 Å². The Kier molecular flexibility index (Phi) is 7.98. The molecule has 5 rings (SSSR count). The van der Waals surface area contributed by atoms with Crippen molar-refractivity contribution >= 4 is 39.7 Å². The first-order chi connectivity index (χ1) is 18.6. The van der Waals surface area contributed by atoms with Crippen molar-refractivity contribution in [3.8, 4) is 10.9 Å². The Hall–Kier alpha value is -3.78. The Bertz CT molecular complexity index is 1470. The van der Waals surface area contributed by atoms with Crippen LogP contribution in [0.2, 0.25) is 0 Å². The molecule has 1 fully saturated rings. The third-order valence-corrected chi connectivity index (χ3v) is 7.00. The molecule has 4 aromatic rings. The average Bonchev–Trinajstić information content (AvgIpc) is 3.52. The van der Waals surface area contributed by atoms with Crippen LogP contribution in [0.1, 0.15) is 10.5 Å². The first-order valence-corrected chi connectivity index (χ1v) is 13.1. The highest BCUT2D eigenvalue weighted by molar-refractivity contribution is 7.12. The zero-order valence-electron chi connectivity index (χ0n) is 20.9. The molecule has 3 aromatic heterocycles. The number of aliphatic hydroxyl groups is 1. The quantitative estimate of drug-likeness (QED) is 0.254. The maximum absolute atomic E-state index is 13.2. The van der Waals surface area contributed by atoms with Crippen LogP contribution in [0.5, 0.6) is 5.75 Å². The maximum Gasteiger partial charge on any atom is 0.335 e. The number of nitrogens with zero attached hydrogens (tertiary/aromatic N) is 5. The van der Waals surface area contributed by atoms with Crippen LogP contribution in [0.4, 0.5) is 11.4 Å². The highest BCUT2D eigenvalue weighted by atomic mass is 32.1. The van der Waals surface area contributed by atoms with Gasteiger partial charge in [0.25, 0.3) is 5.91 Å². The second-order valence-corrected chi connectivity index (χ2v) is 9.42. The summed E-state index contributed by atoms with van der Waals surface area (Å²) in [5.41, 5.74) is 2.64. The van der Waals surface area contributed by atoms with Crippen molar-refractivity contribution in [1.82, 2.24) is 24.4 Å². The molecule has 1 aliphatic heterocycles. The van der Waals surface area contributed by atoms with Crippen molar-refractivity contribution in [1.29, 1.82) is 0 Å². The van der Waals surface area contributed by atoms with Gasteiger partial charge < -0.3 is 30.1 Å². The second kappa shape index (κ2) is 11.7. The van der Waals surface area contributed by atoms with Gasteiger partial charge in [-0.15, -0.1) is 11.3 Å². The number of thiazole rings is 1. The lowest BCUT2D eigenvalue weighted by molar-refractivity contribution is 0.0708. The van der Waals surface area contributed by atoms with Gasteiger partial charge in [0.1, 0.15) is 23.6 Å². The number of anilines is 2. The fraction of sp³-hybridized carbons (Fsp3) is 0.360. The van der Waals surface area contributed by atoms with Gasteiger partial charge in [-0.25, -0.2) is 14.3 Å². The number of piperazine rings is 1. The number of aromatic nitrogens is 4. The molecule has 1 aliphatic rings. The average molecular weight is 540 g/mol. The van der Waals surface area contributed by atoms with Gasteiger partial charge in [0.05, 0.1) is 42.9 Å². The number of carbonyl (C=O) groups excluding carboxylic acids is 1. The van der Waals surface area contributed by atoms with Crippen molar-refractivity contribution in [3.63, 3.8) is 0 Å². The van der Waals surface area contributed by atoms with Crippen LogP contribution in [-0.4, -0.2) is 82.7 Å². The number of amides is 1. The van der Waals surface area contributed by atoms with E-state index in [1.165, 1.54) is 20.5 Å². The Morgan fingerprint density at radius 1 is 1.21 bits per heavy atom. The molecule has 0 bridgehead atoms. The number of carbonyl (C=O) groups is 1. The third kappa shape index (κ3) is 5.27. The summed E-state index contributed by atoms with van der Waals surface area (Å²) in [5.74, 6) is 0.150. The lowest BCUT2D eigenvalue weighted by atomic mass is 10.2. The number of benzene rings is 1. The Morgan fingerprint density at radius 2 is 2.05 bits per heavy atom. The SMILES string of the molecule is Cn1c(=O)n(-c2nc(C(=O)Nc3cnccc3N3CCNCC3)cs2)c2cccc(OCCOCCO)c21. The summed E-state index contributed by atoms with van der Waals surface area (Å²) in [6.07, 6.45) is 3.34. The van der Waals surface area contributed by atoms with Gasteiger partial charge in [0.15, 0.2) is 5.13 Å². The maximum atomic E-state index is 13.2. The number of fused-ring (bicyclic) bond motifs is 1. The largest absolute Gasteiger partial charge is 0.489 e. The monoisotopic (exact) mass is 539 g/mol. The predicted octanol–water partition coefficient (Wildman–Crippen LogP) is 1.23. The number of aliphatic hydroxyl groups excluding tert-OH is 1. The van der Waals surface area contributed by atoms with Gasteiger partial charge in [-0.05, 0) is 18.2 Å². The molecule has 0 saturated carbocycles. The summed E-state index contributed by atoms with van der Waals surface area (Å²) in [5, 5.41) is 17.1. The summed E-state index contributed by atoms with van der Waals surface area (Å²) in [7, 11) is 1.66. The number of hydrogen-bond acceptors (Lipinski definition) is 10. The normalized spacial score (nSPS) is 13.7. The van der Waals surface area contributed by atoms with Gasteiger partial charge in [-0.1, -0.05) is 6.07 Å². The third-order valence-electron chi connectivity index (χ3n) is 6.17. The topological polar surface area (TPSA) is 136 Å². The number of imidazole rings is 1. The Labute approximate surface area is 222 Å². The molecule has 200 valence electrons. The van der Waals surface area contributed by atoms with Gasteiger partial charge in [0, 0.05) is 44.8 Å². The molecular weight excluding hydrogens is 510 g/mol. The van der Waals surface area contributed by atoms with E-state index in [-0.39, 0.29) is 37.1 Å². The summed E-state index contributed by atoms with van der Waals surface area (Å²) < 4.78 is 14.1. The smallest absolute Gasteiger partial charge is 0.335 e. The van der Waals surface area contributed by atoms with Gasteiger partial charge in [0.2, 0.25) is 0 Å². The molecule has 0 aliphatic carbocycles. The molecule has 38 heavy (non-hydrogen) atoms. The van der Waals surface area contributed by atoms with Crippen LogP contribution in [0.3, 0.4) is 0 Å². The molecule has 0 atom stereocenters. The highest BCUT2D eigenvalue weighted by Gasteiger charge is 2.21. The van der Waals surface area contributed by atoms with Crippen molar-refractivity contribution < 1.29 is 19.4 Å². The van der Waals surface area contributed by atoms with Gasteiger partial charge in [-0.3, -0.25) is 14.3 Å². The van der Waals surface area contributed by atoms with Gasteiger partial charge in [-0.2, -0.15) is 0 Å². The number of ether oxygens (including phenoxy) is 2. The minimum atomic E-state index is -0.378. The number of aryl methyl sites for hydroxylation is 1. The van der Waals surface area contributed by atoms with Gasteiger partial charge >= 0.3 is 5.69 Å². The number of nitrogens with one attached hydrogen (secondary N) is 2. The number of rotatable bonds is 10. The molecule has 0 unspecified atom stereocenters. The summed E-state index contributed by atoms with van der Waals surface area (Å²) in [6.45, 7) is 4.16. The fourth-order valence-electron chi connectivity index (χ4n) is 4.38. The fourth-order valence-corrected chi connectivity index (χ4v) is 5.19. The zero-order chi connectivity index (χ0) is 26.5. The predicted molar refractivity (Wildman–Crippen MR) is 145 cm³/mol. The Balaban J connectivity index is 1.38. The molecule has 1 saturated heterocycles. The van der Waals surface area contributed by atoms with Crippen LogP contribution >= 0.6 is 11.3 Å². The van der Waals surface area contributed by atoms with Crippen molar-refractivity contribution in [2.45, 2.75) is 0 Å². The van der Waals surface area contributed by atoms with Crippen LogP contribution in [0.25, 0.3) is 16.2 Å². The van der Waals surface area contributed by atoms with E-state index < -0.39 is 0 Å². The van der Waals surface area contributed by atoms with E-state index >= 15 is 0 Å². The molecule has 0 radical (unpaired) electrons. The second-order valence-electron chi connectivity index (χ2n) is 8.58. The van der Waals surface area contributed by atoms with E-state index in [2.05, 4.69) is 25.5 Å². The first-order valence-electron chi connectivity index (χ1n) is 12.3. The van der Waals surface area contributed by atoms with Crippen LogP contribution in [-0.2, 0) is 11.8 Å². The number of para-hydroxylation sites is 1. The van der Waals surface area contributed by atoms with Crippen LogP contribution < -0.4 is 26.0 Å². The standard InChI is InChI=1S/C25H29N7O5S/c1-30-22-20(3-2-4-21(22)37-14-13-36-12-11-33)32(25(30)35)24-29-18(16-38-24)23(34)28-17-15-27-6-5-19(17)31-9-7-26-8-10-31/h2-6,15-16,26,33H,7-14H2,1H3,(H,28,34). The van der Waals surface area contributed by atoms with Crippen LogP contribution in [0.15, 0.2) is 46.8 Å². The van der Waals surface area contributed by atoms with E-state index in [0.29, 0.717) is 34.2 Å². The molecule has 0 spiro atoms. The zero-order valence-corrected chi connectivity index (χ0v) is 21.7. The molecular formula is C25H29N7O5S. The molecule has 1 amide bonds. The molecule has 1 aromatic carbocycles. The lowest BCUT2D eigenvalue weighted by Crippen LogP contribution is -2.43. The lowest BCUT2D eigenvalue weighted by Gasteiger charge is -2.30. The summed E-state index contributed by atoms with van der Waals surface area (Å²) in [4.78, 5) is 37.2. The van der Waals surface area contributed by atoms with Crippen molar-refractivity contribution in [3.05, 3.63) is 58.2 Å².